The molecule has 1 fully saturated rings. The molecule has 3 rings (SSSR count). The predicted octanol–water partition coefficient (Wildman–Crippen LogP) is 1.34. The van der Waals surface area contributed by atoms with Crippen molar-refractivity contribution in [3.63, 3.8) is 0 Å². The summed E-state index contributed by atoms with van der Waals surface area (Å²) in [6.07, 6.45) is 0. The molecule has 0 radical (unpaired) electrons. The smallest absolute Gasteiger partial charge is 0.235 e. The van der Waals surface area contributed by atoms with E-state index >= 15 is 0 Å². The Balaban J connectivity index is 1.81. The minimum absolute atomic E-state index is 0.360. The van der Waals surface area contributed by atoms with Gasteiger partial charge in [-0.15, -0.1) is 0 Å². The molecule has 0 bridgehead atoms. The van der Waals surface area contributed by atoms with Crippen molar-refractivity contribution in [2.75, 3.05) is 44.2 Å². The Morgan fingerprint density at radius 2 is 1.96 bits per heavy atom. The lowest BCUT2D eigenvalue weighted by Crippen LogP contribution is -3.14. The van der Waals surface area contributed by atoms with Crippen LogP contribution in [0.2, 0.25) is 0 Å². The highest BCUT2D eigenvalue weighted by molar-refractivity contribution is 5.60. The third-order valence-electron chi connectivity index (χ3n) is 4.39. The molecule has 0 aliphatic carbocycles. The zero-order chi connectivity index (χ0) is 16.9. The van der Waals surface area contributed by atoms with Crippen LogP contribution in [0.4, 0.5) is 5.88 Å². The van der Waals surface area contributed by atoms with Gasteiger partial charge in [-0.05, 0) is 38.1 Å². The molecule has 0 spiro atoms. The lowest BCUT2D eigenvalue weighted by Gasteiger charge is -2.31. The maximum atomic E-state index is 9.40. The van der Waals surface area contributed by atoms with E-state index in [0.29, 0.717) is 24.1 Å². The molecule has 0 amide bonds. The maximum absolute atomic E-state index is 9.40. The predicted molar refractivity (Wildman–Crippen MR) is 91.3 cm³/mol. The number of rotatable bonds is 5. The van der Waals surface area contributed by atoms with Gasteiger partial charge in [0.15, 0.2) is 0 Å². The van der Waals surface area contributed by atoms with Gasteiger partial charge in [-0.2, -0.15) is 10.2 Å². The van der Waals surface area contributed by atoms with Crippen molar-refractivity contribution in [2.45, 2.75) is 13.8 Å². The molecule has 6 nitrogen and oxygen atoms in total. The minimum Gasteiger partial charge on any atom is -0.494 e. The number of quaternary nitrogens is 1. The largest absolute Gasteiger partial charge is 0.494 e. The van der Waals surface area contributed by atoms with Crippen molar-refractivity contribution >= 4 is 5.88 Å². The highest BCUT2D eigenvalue weighted by Crippen LogP contribution is 2.29. The van der Waals surface area contributed by atoms with Gasteiger partial charge in [0.1, 0.15) is 11.8 Å². The zero-order valence-corrected chi connectivity index (χ0v) is 14.2. The Hall–Kier alpha value is -2.52. The van der Waals surface area contributed by atoms with Crippen molar-refractivity contribution in [1.29, 1.82) is 5.26 Å². The fourth-order valence-corrected chi connectivity index (χ4v) is 2.96. The summed E-state index contributed by atoms with van der Waals surface area (Å²) in [6.45, 7) is 9.80. The van der Waals surface area contributed by atoms with Gasteiger partial charge in [-0.3, -0.25) is 0 Å². The molecule has 1 aliphatic heterocycles. The van der Waals surface area contributed by atoms with Gasteiger partial charge in [0, 0.05) is 5.56 Å². The number of aromatic nitrogens is 1. The van der Waals surface area contributed by atoms with Gasteiger partial charge in [0.25, 0.3) is 0 Å². The van der Waals surface area contributed by atoms with Crippen molar-refractivity contribution in [3.8, 4) is 23.3 Å². The quantitative estimate of drug-likeness (QED) is 0.897. The van der Waals surface area contributed by atoms with Crippen LogP contribution in [0.3, 0.4) is 0 Å². The average molecular weight is 327 g/mol. The number of hydrogen-bond acceptors (Lipinski definition) is 5. The fourth-order valence-electron chi connectivity index (χ4n) is 2.96. The molecule has 1 aromatic carbocycles. The van der Waals surface area contributed by atoms with Crippen LogP contribution in [-0.2, 0) is 0 Å². The summed E-state index contributed by atoms with van der Waals surface area (Å²) >= 11 is 0. The number of benzene rings is 1. The molecular formula is C18H23N4O2+. The Kier molecular flexibility index (Phi) is 5.02. The number of hydrogen-bond donors (Lipinski definition) is 1. The summed E-state index contributed by atoms with van der Waals surface area (Å²) in [5, 5.41) is 9.40. The molecule has 0 saturated carbocycles. The molecule has 2 aromatic rings. The molecular weight excluding hydrogens is 304 g/mol. The summed E-state index contributed by atoms with van der Waals surface area (Å²) in [4.78, 5) is 8.08. The number of piperazine rings is 1. The second-order valence-electron chi connectivity index (χ2n) is 5.83. The van der Waals surface area contributed by atoms with E-state index in [9.17, 15) is 5.26 Å². The second kappa shape index (κ2) is 7.37. The summed E-state index contributed by atoms with van der Waals surface area (Å²) in [5.41, 5.74) is 1.21. The Morgan fingerprint density at radius 1 is 1.25 bits per heavy atom. The second-order valence-corrected chi connectivity index (χ2v) is 5.83. The van der Waals surface area contributed by atoms with Gasteiger partial charge in [-0.1, -0.05) is 0 Å². The first kappa shape index (κ1) is 16.3. The summed E-state index contributed by atoms with van der Waals surface area (Å²) < 4.78 is 11.4. The lowest BCUT2D eigenvalue weighted by atomic mass is 10.2. The fraction of sp³-hybridized carbons (Fsp3) is 0.444. The van der Waals surface area contributed by atoms with Crippen LogP contribution in [0, 0.1) is 11.3 Å². The van der Waals surface area contributed by atoms with Crippen molar-refractivity contribution in [3.05, 3.63) is 30.0 Å². The number of anilines is 1. The van der Waals surface area contributed by atoms with E-state index in [4.69, 9.17) is 9.15 Å². The molecule has 24 heavy (non-hydrogen) atoms. The van der Waals surface area contributed by atoms with Gasteiger partial charge >= 0.3 is 0 Å². The molecule has 2 heterocycles. The van der Waals surface area contributed by atoms with Crippen LogP contribution in [0.25, 0.3) is 11.5 Å². The van der Waals surface area contributed by atoms with E-state index in [1.54, 1.807) is 4.90 Å². The van der Waals surface area contributed by atoms with Crippen LogP contribution in [0.5, 0.6) is 5.75 Å². The average Bonchev–Trinajstić information content (AvgIpc) is 3.07. The minimum atomic E-state index is 0.360. The highest BCUT2D eigenvalue weighted by atomic mass is 16.5. The van der Waals surface area contributed by atoms with Gasteiger partial charge in [-0.25, -0.2) is 0 Å². The SMILES string of the molecule is CCOc1ccc(-c2nc(C#N)c(N3CC[NH+](CC)CC3)o2)cc1. The van der Waals surface area contributed by atoms with E-state index in [2.05, 4.69) is 22.9 Å². The van der Waals surface area contributed by atoms with Crippen LogP contribution >= 0.6 is 0 Å². The van der Waals surface area contributed by atoms with Gasteiger partial charge < -0.3 is 19.0 Å². The Morgan fingerprint density at radius 3 is 2.54 bits per heavy atom. The summed E-state index contributed by atoms with van der Waals surface area (Å²) in [6, 6.07) is 9.74. The number of ether oxygens (including phenoxy) is 1. The van der Waals surface area contributed by atoms with Crippen molar-refractivity contribution in [1.82, 2.24) is 4.98 Å². The van der Waals surface area contributed by atoms with E-state index in [-0.39, 0.29) is 0 Å². The molecule has 126 valence electrons. The highest BCUT2D eigenvalue weighted by Gasteiger charge is 2.25. The third-order valence-corrected chi connectivity index (χ3v) is 4.39. The van der Waals surface area contributed by atoms with Crippen LogP contribution in [0.15, 0.2) is 28.7 Å². The molecule has 0 atom stereocenters. The first-order valence-electron chi connectivity index (χ1n) is 8.47. The molecule has 1 aliphatic rings. The molecule has 6 heteroatoms. The monoisotopic (exact) mass is 327 g/mol. The van der Waals surface area contributed by atoms with E-state index in [0.717, 1.165) is 44.0 Å². The number of likely N-dealkylation sites (N-methyl/N-ethyl adjacent to an activating group) is 1. The number of nitrogens with one attached hydrogen (secondary N) is 1. The molecule has 0 unspecified atom stereocenters. The van der Waals surface area contributed by atoms with E-state index in [1.807, 2.05) is 31.2 Å². The van der Waals surface area contributed by atoms with Crippen LogP contribution < -0.4 is 14.5 Å². The molecule has 1 N–H and O–H groups in total. The normalized spacial score (nSPS) is 15.3. The van der Waals surface area contributed by atoms with Gasteiger partial charge in [0.2, 0.25) is 17.5 Å². The third kappa shape index (κ3) is 3.36. The first-order valence-corrected chi connectivity index (χ1v) is 8.47. The number of nitriles is 1. The van der Waals surface area contributed by atoms with Gasteiger partial charge in [0.05, 0.1) is 39.3 Å². The zero-order valence-electron chi connectivity index (χ0n) is 14.2. The van der Waals surface area contributed by atoms with Crippen LogP contribution in [0.1, 0.15) is 19.5 Å². The number of oxazole rings is 1. The Bertz CT molecular complexity index is 710. The maximum Gasteiger partial charge on any atom is 0.235 e. The van der Waals surface area contributed by atoms with Crippen molar-refractivity contribution < 1.29 is 14.1 Å². The summed E-state index contributed by atoms with van der Waals surface area (Å²) in [7, 11) is 0. The topological polar surface area (TPSA) is 66.7 Å². The van der Waals surface area contributed by atoms with E-state index < -0.39 is 0 Å². The lowest BCUT2D eigenvalue weighted by molar-refractivity contribution is -0.898. The van der Waals surface area contributed by atoms with Crippen LogP contribution in [-0.4, -0.2) is 44.3 Å². The summed E-state index contributed by atoms with van der Waals surface area (Å²) in [5.74, 6) is 1.89. The van der Waals surface area contributed by atoms with E-state index in [1.165, 1.54) is 0 Å². The standard InChI is InChI=1S/C18H22N4O2/c1-3-21-9-11-22(12-10-21)18-16(13-19)20-17(24-18)14-5-7-15(8-6-14)23-4-2/h5-8H,3-4,9-12H2,1-2H3/p+1. The number of nitrogens with zero attached hydrogens (tertiary/aromatic N) is 3. The first-order chi connectivity index (χ1) is 11.7. The molecule has 1 aromatic heterocycles. The Labute approximate surface area is 142 Å². The molecule has 1 saturated heterocycles. The van der Waals surface area contributed by atoms with Crippen molar-refractivity contribution in [2.24, 2.45) is 0 Å².